The monoisotopic (exact) mass is 283 g/mol. The molecule has 0 bridgehead atoms. The highest BCUT2D eigenvalue weighted by atomic mass is 35.5. The van der Waals surface area contributed by atoms with Crippen molar-refractivity contribution < 1.29 is 9.18 Å². The van der Waals surface area contributed by atoms with Crippen molar-refractivity contribution in [3.63, 3.8) is 0 Å². The first-order chi connectivity index (χ1) is 9.16. The zero-order chi connectivity index (χ0) is 13.7. The van der Waals surface area contributed by atoms with Crippen molar-refractivity contribution in [1.29, 1.82) is 0 Å². The fraction of sp³-hybridized carbons (Fsp3) is 0.533. The molecule has 0 unspecified atom stereocenters. The maximum Gasteiger partial charge on any atom is 0.254 e. The molecular weight excluding hydrogens is 265 g/mol. The Morgan fingerprint density at radius 2 is 1.79 bits per heavy atom. The Morgan fingerprint density at radius 1 is 1.16 bits per heavy atom. The molecule has 2 nitrogen and oxygen atoms in total. The third kappa shape index (κ3) is 4.20. The number of rotatable bonds is 2. The van der Waals surface area contributed by atoms with Gasteiger partial charge in [0.05, 0.1) is 5.56 Å². The average Bonchev–Trinajstić information content (AvgIpc) is 2.35. The van der Waals surface area contributed by atoms with Crippen LogP contribution >= 0.6 is 11.6 Å². The van der Waals surface area contributed by atoms with E-state index in [4.69, 9.17) is 11.6 Å². The van der Waals surface area contributed by atoms with Crippen molar-refractivity contribution in [2.75, 3.05) is 0 Å². The lowest BCUT2D eigenvalue weighted by Crippen LogP contribution is -2.35. The van der Waals surface area contributed by atoms with Gasteiger partial charge in [0.2, 0.25) is 0 Å². The molecule has 2 rings (SSSR count). The highest BCUT2D eigenvalue weighted by molar-refractivity contribution is 6.31. The summed E-state index contributed by atoms with van der Waals surface area (Å²) in [5.41, 5.74) is 0.0366. The van der Waals surface area contributed by atoms with Crippen molar-refractivity contribution in [2.24, 2.45) is 0 Å². The van der Waals surface area contributed by atoms with Crippen molar-refractivity contribution in [3.8, 4) is 0 Å². The summed E-state index contributed by atoms with van der Waals surface area (Å²) in [6.07, 6.45) is 7.94. The molecule has 0 atom stereocenters. The van der Waals surface area contributed by atoms with E-state index in [9.17, 15) is 9.18 Å². The molecule has 1 amide bonds. The van der Waals surface area contributed by atoms with Crippen LogP contribution in [0.1, 0.15) is 55.3 Å². The predicted molar refractivity (Wildman–Crippen MR) is 75.0 cm³/mol. The second-order valence-corrected chi connectivity index (χ2v) is 5.58. The third-order valence-corrected chi connectivity index (χ3v) is 3.85. The van der Waals surface area contributed by atoms with Crippen LogP contribution in [-0.4, -0.2) is 11.9 Å². The number of amides is 1. The zero-order valence-corrected chi connectivity index (χ0v) is 11.7. The zero-order valence-electron chi connectivity index (χ0n) is 10.9. The van der Waals surface area contributed by atoms with Crippen molar-refractivity contribution in [3.05, 3.63) is 34.6 Å². The highest BCUT2D eigenvalue weighted by Crippen LogP contribution is 2.19. The minimum absolute atomic E-state index is 0.0366. The fourth-order valence-corrected chi connectivity index (χ4v) is 2.71. The Balaban J connectivity index is 2.00. The molecule has 19 heavy (non-hydrogen) atoms. The lowest BCUT2D eigenvalue weighted by molar-refractivity contribution is 0.0926. The van der Waals surface area contributed by atoms with Gasteiger partial charge in [0.1, 0.15) is 5.82 Å². The van der Waals surface area contributed by atoms with E-state index in [-0.39, 0.29) is 17.5 Å². The molecule has 4 heteroatoms. The predicted octanol–water partition coefficient (Wildman–Crippen LogP) is 4.32. The smallest absolute Gasteiger partial charge is 0.254 e. The number of carbonyl (C=O) groups is 1. The molecule has 1 fully saturated rings. The minimum Gasteiger partial charge on any atom is -0.349 e. The normalized spacial score (nSPS) is 17.6. The van der Waals surface area contributed by atoms with E-state index in [0.29, 0.717) is 5.02 Å². The van der Waals surface area contributed by atoms with Gasteiger partial charge >= 0.3 is 0 Å². The minimum atomic E-state index is -0.521. The topological polar surface area (TPSA) is 29.1 Å². The molecular formula is C15H19ClFNO. The van der Waals surface area contributed by atoms with E-state index < -0.39 is 5.82 Å². The van der Waals surface area contributed by atoms with Crippen molar-refractivity contribution in [1.82, 2.24) is 5.32 Å². The van der Waals surface area contributed by atoms with Gasteiger partial charge in [0.25, 0.3) is 5.91 Å². The summed E-state index contributed by atoms with van der Waals surface area (Å²) in [5.74, 6) is -0.877. The number of benzene rings is 1. The van der Waals surface area contributed by atoms with Gasteiger partial charge in [-0.3, -0.25) is 4.79 Å². The lowest BCUT2D eigenvalue weighted by atomic mass is 9.96. The second-order valence-electron chi connectivity index (χ2n) is 5.14. The van der Waals surface area contributed by atoms with E-state index in [1.165, 1.54) is 37.5 Å². The molecule has 0 radical (unpaired) electrons. The Kier molecular flexibility index (Phi) is 5.20. The fourth-order valence-electron chi connectivity index (χ4n) is 2.54. The summed E-state index contributed by atoms with van der Waals surface area (Å²) >= 11 is 5.80. The van der Waals surface area contributed by atoms with E-state index in [1.54, 1.807) is 0 Å². The molecule has 0 saturated heterocycles. The number of halogens is 2. The summed E-state index contributed by atoms with van der Waals surface area (Å²) in [4.78, 5) is 12.1. The Labute approximate surface area is 118 Å². The number of hydrogen-bond donors (Lipinski definition) is 1. The number of nitrogens with one attached hydrogen (secondary N) is 1. The molecule has 0 spiro atoms. The summed E-state index contributed by atoms with van der Waals surface area (Å²) in [5, 5.41) is 3.31. The van der Waals surface area contributed by atoms with Gasteiger partial charge in [0.15, 0.2) is 0 Å². The average molecular weight is 284 g/mol. The molecule has 1 aliphatic rings. The Bertz CT molecular complexity index is 442. The molecule has 1 aromatic rings. The quantitative estimate of drug-likeness (QED) is 0.860. The van der Waals surface area contributed by atoms with E-state index in [0.717, 1.165) is 25.7 Å². The van der Waals surface area contributed by atoms with Crippen LogP contribution in [0.3, 0.4) is 0 Å². The van der Waals surface area contributed by atoms with Gasteiger partial charge < -0.3 is 5.32 Å². The standard InChI is InChI=1S/C15H19ClFNO/c16-11-8-9-14(17)13(10-11)15(19)18-12-6-4-2-1-3-5-7-12/h8-10,12H,1-7H2,(H,18,19). The van der Waals surface area contributed by atoms with E-state index >= 15 is 0 Å². The lowest BCUT2D eigenvalue weighted by Gasteiger charge is -2.21. The van der Waals surface area contributed by atoms with Crippen LogP contribution in [0.25, 0.3) is 0 Å². The van der Waals surface area contributed by atoms with Crippen molar-refractivity contribution in [2.45, 2.75) is 51.0 Å². The van der Waals surface area contributed by atoms with Gasteiger partial charge in [0, 0.05) is 11.1 Å². The van der Waals surface area contributed by atoms with Gasteiger partial charge in [-0.05, 0) is 31.0 Å². The summed E-state index contributed by atoms with van der Waals surface area (Å²) in [7, 11) is 0. The van der Waals surface area contributed by atoms with Gasteiger partial charge in [-0.2, -0.15) is 0 Å². The van der Waals surface area contributed by atoms with Crippen LogP contribution in [0.15, 0.2) is 18.2 Å². The van der Waals surface area contributed by atoms with Crippen LogP contribution in [0.5, 0.6) is 0 Å². The van der Waals surface area contributed by atoms with Crippen LogP contribution in [0.2, 0.25) is 5.02 Å². The number of hydrogen-bond acceptors (Lipinski definition) is 1. The molecule has 1 N–H and O–H groups in total. The van der Waals surface area contributed by atoms with Crippen LogP contribution in [0, 0.1) is 5.82 Å². The van der Waals surface area contributed by atoms with E-state index in [1.807, 2.05) is 0 Å². The van der Waals surface area contributed by atoms with Crippen LogP contribution in [0.4, 0.5) is 4.39 Å². The van der Waals surface area contributed by atoms with Crippen LogP contribution in [-0.2, 0) is 0 Å². The molecule has 1 saturated carbocycles. The molecule has 0 aliphatic heterocycles. The third-order valence-electron chi connectivity index (χ3n) is 3.61. The van der Waals surface area contributed by atoms with Gasteiger partial charge in [-0.1, -0.05) is 43.7 Å². The van der Waals surface area contributed by atoms with Crippen LogP contribution < -0.4 is 5.32 Å². The first-order valence-electron chi connectivity index (χ1n) is 6.93. The molecule has 0 heterocycles. The van der Waals surface area contributed by atoms with E-state index in [2.05, 4.69) is 5.32 Å². The molecule has 104 valence electrons. The number of carbonyl (C=O) groups excluding carboxylic acids is 1. The first kappa shape index (κ1) is 14.3. The second kappa shape index (κ2) is 6.90. The molecule has 0 aromatic heterocycles. The van der Waals surface area contributed by atoms with Gasteiger partial charge in [-0.25, -0.2) is 4.39 Å². The Hall–Kier alpha value is -1.09. The maximum atomic E-state index is 13.6. The summed E-state index contributed by atoms with van der Waals surface area (Å²) in [6, 6.07) is 4.22. The SMILES string of the molecule is O=C(NC1CCCCCCC1)c1cc(Cl)ccc1F. The maximum absolute atomic E-state index is 13.6. The van der Waals surface area contributed by atoms with Crippen molar-refractivity contribution >= 4 is 17.5 Å². The first-order valence-corrected chi connectivity index (χ1v) is 7.30. The molecule has 1 aromatic carbocycles. The largest absolute Gasteiger partial charge is 0.349 e. The highest BCUT2D eigenvalue weighted by Gasteiger charge is 2.17. The molecule has 1 aliphatic carbocycles. The Morgan fingerprint density at radius 3 is 2.47 bits per heavy atom. The van der Waals surface area contributed by atoms with Gasteiger partial charge in [-0.15, -0.1) is 0 Å². The summed E-state index contributed by atoms with van der Waals surface area (Å²) in [6.45, 7) is 0. The summed E-state index contributed by atoms with van der Waals surface area (Å²) < 4.78 is 13.6.